The van der Waals surface area contributed by atoms with Gasteiger partial charge in [0.1, 0.15) is 22.4 Å². The average Bonchev–Trinajstić information content (AvgIpc) is 3.47. The number of anilines is 1. The number of ether oxygens (including phenoxy) is 1. The number of nitrogens with zero attached hydrogens (tertiary/aromatic N) is 2. The summed E-state index contributed by atoms with van der Waals surface area (Å²) >= 11 is 0.929. The Morgan fingerprint density at radius 3 is 2.52 bits per heavy atom. The molecule has 3 aromatic rings. The molecule has 1 fully saturated rings. The fourth-order valence-electron chi connectivity index (χ4n) is 3.38. The van der Waals surface area contributed by atoms with Crippen LogP contribution in [0.4, 0.5) is 5.13 Å². The van der Waals surface area contributed by atoms with Crippen LogP contribution in [0.15, 0.2) is 52.7 Å². The maximum Gasteiger partial charge on any atom is 0.350 e. The Hall–Kier alpha value is -3.72. The highest BCUT2D eigenvalue weighted by atomic mass is 32.1. The van der Waals surface area contributed by atoms with Crippen LogP contribution in [-0.2, 0) is 14.3 Å². The van der Waals surface area contributed by atoms with Gasteiger partial charge in [0, 0.05) is 5.56 Å². The number of amides is 1. The van der Waals surface area contributed by atoms with E-state index in [4.69, 9.17) is 9.15 Å². The quantitative estimate of drug-likeness (QED) is 0.286. The minimum Gasteiger partial charge on any atom is -0.507 e. The Bertz CT molecular complexity index is 1210. The number of methoxy groups -OCH3 is 1. The van der Waals surface area contributed by atoms with Crippen molar-refractivity contribution in [2.24, 2.45) is 0 Å². The Morgan fingerprint density at radius 2 is 1.90 bits per heavy atom. The molecule has 1 aliphatic rings. The number of carbonyl (C=O) groups excluding carboxylic acids is 3. The number of aryl methyl sites for hydroxylation is 2. The van der Waals surface area contributed by atoms with Gasteiger partial charge in [-0.2, -0.15) is 0 Å². The highest BCUT2D eigenvalue weighted by molar-refractivity contribution is 7.17. The number of rotatable bonds is 4. The van der Waals surface area contributed by atoms with E-state index < -0.39 is 23.7 Å². The smallest absolute Gasteiger partial charge is 0.350 e. The molecule has 31 heavy (non-hydrogen) atoms. The van der Waals surface area contributed by atoms with Crippen LogP contribution in [-0.4, -0.2) is 34.9 Å². The summed E-state index contributed by atoms with van der Waals surface area (Å²) in [6, 6.07) is 9.11. The molecule has 1 amide bonds. The van der Waals surface area contributed by atoms with Crippen LogP contribution in [0.5, 0.6) is 0 Å². The molecule has 1 N–H and O–H groups in total. The lowest BCUT2D eigenvalue weighted by Crippen LogP contribution is -2.29. The van der Waals surface area contributed by atoms with E-state index in [0.717, 1.165) is 21.8 Å². The van der Waals surface area contributed by atoms with Crippen LogP contribution in [0.3, 0.4) is 0 Å². The largest absolute Gasteiger partial charge is 0.507 e. The molecule has 0 radical (unpaired) electrons. The number of aromatic nitrogens is 1. The van der Waals surface area contributed by atoms with Crippen molar-refractivity contribution in [3.63, 3.8) is 0 Å². The molecule has 3 heterocycles. The fourth-order valence-corrected chi connectivity index (χ4v) is 4.39. The first-order valence-electron chi connectivity index (χ1n) is 9.30. The van der Waals surface area contributed by atoms with Crippen molar-refractivity contribution in [3.8, 4) is 0 Å². The summed E-state index contributed by atoms with van der Waals surface area (Å²) in [5, 5.41) is 11.1. The lowest BCUT2D eigenvalue weighted by molar-refractivity contribution is -0.132. The van der Waals surface area contributed by atoms with E-state index in [2.05, 4.69) is 4.98 Å². The molecule has 0 spiro atoms. The topological polar surface area (TPSA) is 110 Å². The summed E-state index contributed by atoms with van der Waals surface area (Å²) in [6.45, 7) is 3.51. The van der Waals surface area contributed by atoms with Crippen molar-refractivity contribution in [1.29, 1.82) is 0 Å². The van der Waals surface area contributed by atoms with Gasteiger partial charge in [-0.15, -0.1) is 0 Å². The van der Waals surface area contributed by atoms with Gasteiger partial charge in [0.25, 0.3) is 5.78 Å². The third-order valence-corrected chi connectivity index (χ3v) is 6.08. The fraction of sp³-hybridized carbons (Fsp3) is 0.182. The molecule has 1 saturated heterocycles. The van der Waals surface area contributed by atoms with E-state index in [1.807, 2.05) is 6.92 Å². The lowest BCUT2D eigenvalue weighted by atomic mass is 9.99. The zero-order valence-electron chi connectivity index (χ0n) is 16.9. The van der Waals surface area contributed by atoms with E-state index >= 15 is 0 Å². The van der Waals surface area contributed by atoms with Gasteiger partial charge in [0.15, 0.2) is 5.13 Å². The molecule has 0 unspecified atom stereocenters. The number of thiazole rings is 1. The molecular formula is C22H18N2O6S. The van der Waals surface area contributed by atoms with Gasteiger partial charge in [-0.1, -0.05) is 41.2 Å². The molecule has 1 atom stereocenters. The summed E-state index contributed by atoms with van der Waals surface area (Å²) in [5.41, 5.74) is 1.63. The minimum absolute atomic E-state index is 0.115. The van der Waals surface area contributed by atoms with Crippen LogP contribution in [0.1, 0.15) is 38.3 Å². The van der Waals surface area contributed by atoms with Gasteiger partial charge in [-0.25, -0.2) is 9.78 Å². The standard InChI is InChI=1S/C22H18N2O6S/c1-11-6-8-13(9-7-11)17(25)15-16(14-5-4-10-30-14)24(20(27)18(15)26)22-23-12(2)19(31-22)21(28)29-3/h4-10,16,25H,1-3H3/t16-/m1/s1. The summed E-state index contributed by atoms with van der Waals surface area (Å²) < 4.78 is 10.3. The summed E-state index contributed by atoms with van der Waals surface area (Å²) in [4.78, 5) is 43.7. The van der Waals surface area contributed by atoms with Crippen molar-refractivity contribution >= 4 is 39.9 Å². The first-order valence-corrected chi connectivity index (χ1v) is 10.1. The molecule has 0 aliphatic carbocycles. The van der Waals surface area contributed by atoms with Gasteiger partial charge in [0.2, 0.25) is 0 Å². The number of benzene rings is 1. The second kappa shape index (κ2) is 7.84. The van der Waals surface area contributed by atoms with Gasteiger partial charge < -0.3 is 14.3 Å². The number of aliphatic hydroxyl groups is 1. The molecule has 1 aliphatic heterocycles. The van der Waals surface area contributed by atoms with Crippen LogP contribution >= 0.6 is 11.3 Å². The number of hydrogen-bond donors (Lipinski definition) is 1. The second-order valence-electron chi connectivity index (χ2n) is 6.95. The maximum absolute atomic E-state index is 13.0. The van der Waals surface area contributed by atoms with Crippen LogP contribution in [0, 0.1) is 13.8 Å². The minimum atomic E-state index is -1.03. The maximum atomic E-state index is 13.0. The SMILES string of the molecule is COC(=O)c1sc(N2C(=O)C(=O)C(=C(O)c3ccc(C)cc3)[C@H]2c2ccco2)nc1C. The van der Waals surface area contributed by atoms with Gasteiger partial charge in [-0.3, -0.25) is 14.5 Å². The van der Waals surface area contributed by atoms with E-state index in [-0.39, 0.29) is 27.1 Å². The van der Waals surface area contributed by atoms with E-state index in [1.165, 1.54) is 13.4 Å². The summed E-state index contributed by atoms with van der Waals surface area (Å²) in [7, 11) is 1.25. The van der Waals surface area contributed by atoms with Crippen LogP contribution in [0.25, 0.3) is 5.76 Å². The van der Waals surface area contributed by atoms with Gasteiger partial charge in [-0.05, 0) is 26.0 Å². The lowest BCUT2D eigenvalue weighted by Gasteiger charge is -2.20. The van der Waals surface area contributed by atoms with Gasteiger partial charge >= 0.3 is 11.9 Å². The normalized spacial score (nSPS) is 17.9. The Labute approximate surface area is 181 Å². The Kier molecular flexibility index (Phi) is 5.20. The average molecular weight is 438 g/mol. The van der Waals surface area contributed by atoms with Crippen LogP contribution in [0.2, 0.25) is 0 Å². The third-order valence-electron chi connectivity index (χ3n) is 4.94. The number of esters is 1. The molecule has 8 nitrogen and oxygen atoms in total. The van der Waals surface area contributed by atoms with Gasteiger partial charge in [0.05, 0.1) is 24.6 Å². The number of furan rings is 1. The first-order chi connectivity index (χ1) is 14.8. The van der Waals surface area contributed by atoms with Crippen LogP contribution < -0.4 is 4.90 Å². The number of aliphatic hydroxyl groups excluding tert-OH is 1. The summed E-state index contributed by atoms with van der Waals surface area (Å²) in [5.74, 6) is -2.37. The second-order valence-corrected chi connectivity index (χ2v) is 7.93. The van der Waals surface area contributed by atoms with Crippen molar-refractivity contribution in [3.05, 3.63) is 75.7 Å². The molecule has 0 saturated carbocycles. The number of Topliss-reactive ketones (excluding diaryl/α,β-unsaturated/α-hetero) is 1. The first kappa shape index (κ1) is 20.5. The molecule has 1 aromatic carbocycles. The summed E-state index contributed by atoms with van der Waals surface area (Å²) in [6.07, 6.45) is 1.41. The molecule has 0 bridgehead atoms. The number of carbonyl (C=O) groups is 3. The predicted molar refractivity (Wildman–Crippen MR) is 113 cm³/mol. The van der Waals surface area contributed by atoms with E-state index in [1.54, 1.807) is 43.3 Å². The molecule has 4 rings (SSSR count). The number of hydrogen-bond acceptors (Lipinski definition) is 8. The van der Waals surface area contributed by atoms with Crippen molar-refractivity contribution in [1.82, 2.24) is 4.98 Å². The van der Waals surface area contributed by atoms with Crippen molar-refractivity contribution in [2.45, 2.75) is 19.9 Å². The number of ketones is 1. The Balaban J connectivity index is 1.90. The Morgan fingerprint density at radius 1 is 1.19 bits per heavy atom. The van der Waals surface area contributed by atoms with E-state index in [9.17, 15) is 19.5 Å². The molecule has 158 valence electrons. The van der Waals surface area contributed by atoms with Crippen molar-refractivity contribution in [2.75, 3.05) is 12.0 Å². The zero-order chi connectivity index (χ0) is 22.3. The monoisotopic (exact) mass is 438 g/mol. The van der Waals surface area contributed by atoms with Crippen molar-refractivity contribution < 1.29 is 28.6 Å². The highest BCUT2D eigenvalue weighted by Crippen LogP contribution is 2.44. The van der Waals surface area contributed by atoms with E-state index in [0.29, 0.717) is 11.3 Å². The third kappa shape index (κ3) is 3.42. The molecule has 9 heteroatoms. The predicted octanol–water partition coefficient (Wildman–Crippen LogP) is 3.77. The zero-order valence-corrected chi connectivity index (χ0v) is 17.7. The molecular weight excluding hydrogens is 420 g/mol. The highest BCUT2D eigenvalue weighted by Gasteiger charge is 2.49. The molecule has 2 aromatic heterocycles.